The maximum absolute atomic E-state index is 12.5. The van der Waals surface area contributed by atoms with Gasteiger partial charge in [-0.05, 0) is 36.2 Å². The molecule has 1 heterocycles. The van der Waals surface area contributed by atoms with Gasteiger partial charge in [-0.15, -0.1) is 10.2 Å². The zero-order chi connectivity index (χ0) is 23.8. The second-order valence-electron chi connectivity index (χ2n) is 7.42. The van der Waals surface area contributed by atoms with Gasteiger partial charge in [0.25, 0.3) is 0 Å². The molecular weight excluding hydrogens is 448 g/mol. The van der Waals surface area contributed by atoms with E-state index in [0.717, 1.165) is 22.6 Å². The summed E-state index contributed by atoms with van der Waals surface area (Å²) in [6.45, 7) is 0.523. The van der Waals surface area contributed by atoms with Gasteiger partial charge >= 0.3 is 0 Å². The Kier molecular flexibility index (Phi) is 7.83. The third kappa shape index (κ3) is 5.58. The van der Waals surface area contributed by atoms with E-state index < -0.39 is 0 Å². The number of thioether (sulfide) groups is 1. The first-order chi connectivity index (χ1) is 16.7. The van der Waals surface area contributed by atoms with Crippen LogP contribution in [0.3, 0.4) is 0 Å². The Bertz CT molecular complexity index is 1230. The maximum atomic E-state index is 12.5. The molecule has 4 aromatic rings. The van der Waals surface area contributed by atoms with Crippen molar-refractivity contribution >= 4 is 17.7 Å². The molecule has 0 saturated heterocycles. The normalized spacial score (nSPS) is 10.6. The van der Waals surface area contributed by atoms with Gasteiger partial charge in [-0.3, -0.25) is 9.36 Å². The van der Waals surface area contributed by atoms with Crippen LogP contribution in [0, 0.1) is 0 Å². The Morgan fingerprint density at radius 1 is 0.912 bits per heavy atom. The number of nitrogens with zero attached hydrogens (tertiary/aromatic N) is 3. The standard InChI is InChI=1S/C26H26N4O3S/c1-32-22-14-13-19(17-23(22)33-2)15-16-27-24(31)18-34-26-29-28-25(20-9-5-3-6-10-20)30(26)21-11-7-4-8-12-21/h3-14,17H,15-16,18H2,1-2H3,(H,27,31). The van der Waals surface area contributed by atoms with E-state index in [9.17, 15) is 4.79 Å². The first-order valence-electron chi connectivity index (χ1n) is 10.9. The van der Waals surface area contributed by atoms with E-state index >= 15 is 0 Å². The minimum Gasteiger partial charge on any atom is -0.493 e. The number of benzene rings is 3. The zero-order valence-electron chi connectivity index (χ0n) is 19.1. The molecule has 0 aliphatic carbocycles. The molecule has 174 valence electrons. The van der Waals surface area contributed by atoms with Crippen molar-refractivity contribution in [1.82, 2.24) is 20.1 Å². The van der Waals surface area contributed by atoms with Crippen molar-refractivity contribution < 1.29 is 14.3 Å². The fourth-order valence-corrected chi connectivity index (χ4v) is 4.29. The quantitative estimate of drug-likeness (QED) is 0.343. The lowest BCUT2D eigenvalue weighted by Gasteiger charge is -2.11. The van der Waals surface area contributed by atoms with E-state index in [1.165, 1.54) is 11.8 Å². The second-order valence-corrected chi connectivity index (χ2v) is 8.36. The Morgan fingerprint density at radius 3 is 2.32 bits per heavy atom. The first kappa shape index (κ1) is 23.4. The van der Waals surface area contributed by atoms with E-state index in [1.54, 1.807) is 14.2 Å². The topological polar surface area (TPSA) is 78.3 Å². The highest BCUT2D eigenvalue weighted by atomic mass is 32.2. The van der Waals surface area contributed by atoms with Gasteiger partial charge in [0.15, 0.2) is 22.5 Å². The molecule has 0 atom stereocenters. The van der Waals surface area contributed by atoms with Crippen LogP contribution >= 0.6 is 11.8 Å². The summed E-state index contributed by atoms with van der Waals surface area (Å²) in [4.78, 5) is 12.5. The number of carbonyl (C=O) groups is 1. The largest absolute Gasteiger partial charge is 0.493 e. The maximum Gasteiger partial charge on any atom is 0.230 e. The number of amides is 1. The number of hydrogen-bond donors (Lipinski definition) is 1. The molecule has 0 unspecified atom stereocenters. The van der Waals surface area contributed by atoms with Crippen molar-refractivity contribution in [3.8, 4) is 28.6 Å². The van der Waals surface area contributed by atoms with E-state index in [1.807, 2.05) is 83.4 Å². The molecule has 0 spiro atoms. The highest BCUT2D eigenvalue weighted by Gasteiger charge is 2.17. The molecule has 0 aliphatic heterocycles. The van der Waals surface area contributed by atoms with Crippen molar-refractivity contribution in [3.05, 3.63) is 84.4 Å². The number of rotatable bonds is 10. The molecule has 1 amide bonds. The van der Waals surface area contributed by atoms with Crippen LogP contribution in [0.1, 0.15) is 5.56 Å². The highest BCUT2D eigenvalue weighted by molar-refractivity contribution is 7.99. The van der Waals surface area contributed by atoms with Crippen molar-refractivity contribution in [2.24, 2.45) is 0 Å². The lowest BCUT2D eigenvalue weighted by Crippen LogP contribution is -2.27. The van der Waals surface area contributed by atoms with Gasteiger partial charge in [-0.1, -0.05) is 66.4 Å². The lowest BCUT2D eigenvalue weighted by atomic mass is 10.1. The van der Waals surface area contributed by atoms with Crippen LogP contribution < -0.4 is 14.8 Å². The van der Waals surface area contributed by atoms with Gasteiger partial charge < -0.3 is 14.8 Å². The monoisotopic (exact) mass is 474 g/mol. The average molecular weight is 475 g/mol. The molecule has 0 saturated carbocycles. The SMILES string of the molecule is COc1ccc(CCNC(=O)CSc2nnc(-c3ccccc3)n2-c2ccccc2)cc1OC. The number of hydrogen-bond acceptors (Lipinski definition) is 6. The molecule has 34 heavy (non-hydrogen) atoms. The van der Waals surface area contributed by atoms with Crippen molar-refractivity contribution in [2.45, 2.75) is 11.6 Å². The predicted molar refractivity (Wildman–Crippen MR) is 134 cm³/mol. The van der Waals surface area contributed by atoms with Crippen LogP contribution in [0.25, 0.3) is 17.1 Å². The van der Waals surface area contributed by atoms with Gasteiger partial charge in [-0.25, -0.2) is 0 Å². The molecule has 1 N–H and O–H groups in total. The van der Waals surface area contributed by atoms with Crippen LogP contribution in [0.4, 0.5) is 0 Å². The third-order valence-electron chi connectivity index (χ3n) is 5.20. The van der Waals surface area contributed by atoms with E-state index in [0.29, 0.717) is 29.6 Å². The Morgan fingerprint density at radius 2 is 1.62 bits per heavy atom. The van der Waals surface area contributed by atoms with Crippen molar-refractivity contribution in [1.29, 1.82) is 0 Å². The van der Waals surface area contributed by atoms with Crippen molar-refractivity contribution in [3.63, 3.8) is 0 Å². The van der Waals surface area contributed by atoms with E-state index in [-0.39, 0.29) is 11.7 Å². The van der Waals surface area contributed by atoms with Gasteiger partial charge in [0.2, 0.25) is 5.91 Å². The first-order valence-corrected chi connectivity index (χ1v) is 11.8. The molecule has 0 aliphatic rings. The van der Waals surface area contributed by atoms with Crippen LogP contribution in [-0.4, -0.2) is 47.2 Å². The minimum absolute atomic E-state index is 0.0608. The summed E-state index contributed by atoms with van der Waals surface area (Å²) >= 11 is 1.36. The third-order valence-corrected chi connectivity index (χ3v) is 6.12. The number of aromatic nitrogens is 3. The Balaban J connectivity index is 1.40. The fourth-order valence-electron chi connectivity index (χ4n) is 3.51. The van der Waals surface area contributed by atoms with Gasteiger partial charge in [-0.2, -0.15) is 0 Å². The number of ether oxygens (including phenoxy) is 2. The van der Waals surface area contributed by atoms with Crippen LogP contribution in [0.5, 0.6) is 11.5 Å². The van der Waals surface area contributed by atoms with E-state index in [4.69, 9.17) is 9.47 Å². The zero-order valence-corrected chi connectivity index (χ0v) is 19.9. The summed E-state index contributed by atoms with van der Waals surface area (Å²) in [6.07, 6.45) is 0.690. The average Bonchev–Trinajstić information content (AvgIpc) is 3.32. The number of methoxy groups -OCH3 is 2. The molecule has 4 rings (SSSR count). The second kappa shape index (κ2) is 11.4. The summed E-state index contributed by atoms with van der Waals surface area (Å²) in [5, 5.41) is 12.4. The Labute approximate surface area is 203 Å². The van der Waals surface area contributed by atoms with E-state index in [2.05, 4.69) is 15.5 Å². The number of carbonyl (C=O) groups excluding carboxylic acids is 1. The van der Waals surface area contributed by atoms with Crippen LogP contribution in [-0.2, 0) is 11.2 Å². The highest BCUT2D eigenvalue weighted by Crippen LogP contribution is 2.28. The van der Waals surface area contributed by atoms with Gasteiger partial charge in [0.1, 0.15) is 0 Å². The number of para-hydroxylation sites is 1. The minimum atomic E-state index is -0.0608. The number of nitrogens with one attached hydrogen (secondary N) is 1. The van der Waals surface area contributed by atoms with Gasteiger partial charge in [0, 0.05) is 17.8 Å². The van der Waals surface area contributed by atoms with Crippen LogP contribution in [0.15, 0.2) is 84.0 Å². The molecule has 8 heteroatoms. The fraction of sp³-hybridized carbons (Fsp3) is 0.192. The molecular formula is C26H26N4O3S. The molecule has 7 nitrogen and oxygen atoms in total. The Hall–Kier alpha value is -3.78. The molecule has 0 fully saturated rings. The van der Waals surface area contributed by atoms with Gasteiger partial charge in [0.05, 0.1) is 20.0 Å². The predicted octanol–water partition coefficient (Wildman–Crippen LogP) is 4.40. The summed E-state index contributed by atoms with van der Waals surface area (Å²) in [6, 6.07) is 25.6. The molecule has 3 aromatic carbocycles. The summed E-state index contributed by atoms with van der Waals surface area (Å²) in [7, 11) is 3.22. The molecule has 0 radical (unpaired) electrons. The molecule has 0 bridgehead atoms. The van der Waals surface area contributed by atoms with Crippen LogP contribution in [0.2, 0.25) is 0 Å². The summed E-state index contributed by atoms with van der Waals surface area (Å²) < 4.78 is 12.6. The molecule has 1 aromatic heterocycles. The smallest absolute Gasteiger partial charge is 0.230 e. The van der Waals surface area contributed by atoms with Crippen molar-refractivity contribution in [2.75, 3.05) is 26.5 Å². The summed E-state index contributed by atoms with van der Waals surface area (Å²) in [5.74, 6) is 2.28. The summed E-state index contributed by atoms with van der Waals surface area (Å²) in [5.41, 5.74) is 2.97. The lowest BCUT2D eigenvalue weighted by molar-refractivity contribution is -0.118.